The average Bonchev–Trinajstić information content (AvgIpc) is 3.15. The maximum atomic E-state index is 12.0. The molecule has 1 atom stereocenters. The molecule has 1 N–H and O–H groups in total. The van der Waals surface area contributed by atoms with Crippen LogP contribution in [0.1, 0.15) is 30.3 Å². The van der Waals surface area contributed by atoms with Crippen molar-refractivity contribution in [3.05, 3.63) is 59.4 Å². The summed E-state index contributed by atoms with van der Waals surface area (Å²) in [6.45, 7) is 4.52. The molecule has 0 aliphatic carbocycles. The molecule has 2 aromatic carbocycles. The van der Waals surface area contributed by atoms with Gasteiger partial charge in [-0.15, -0.1) is 0 Å². The number of hydrogen-bond acceptors (Lipinski definition) is 5. The van der Waals surface area contributed by atoms with E-state index in [2.05, 4.69) is 21.6 Å². The van der Waals surface area contributed by atoms with E-state index in [1.165, 1.54) is 4.90 Å². The molecule has 180 valence electrons. The van der Waals surface area contributed by atoms with Crippen molar-refractivity contribution in [2.75, 3.05) is 36.0 Å². The van der Waals surface area contributed by atoms with Gasteiger partial charge < -0.3 is 9.67 Å². The van der Waals surface area contributed by atoms with Crippen LogP contribution in [-0.4, -0.2) is 71.3 Å². The van der Waals surface area contributed by atoms with Crippen molar-refractivity contribution in [3.8, 4) is 0 Å². The van der Waals surface area contributed by atoms with Crippen molar-refractivity contribution in [2.45, 2.75) is 38.8 Å². The van der Waals surface area contributed by atoms with Crippen molar-refractivity contribution in [3.63, 3.8) is 0 Å². The predicted molar refractivity (Wildman–Crippen MR) is 132 cm³/mol. The van der Waals surface area contributed by atoms with Gasteiger partial charge in [0, 0.05) is 44.2 Å². The molecule has 34 heavy (non-hydrogen) atoms. The van der Waals surface area contributed by atoms with E-state index >= 15 is 0 Å². The zero-order valence-corrected chi connectivity index (χ0v) is 20.2. The molecule has 2 aliphatic heterocycles. The van der Waals surface area contributed by atoms with Crippen LogP contribution in [0.4, 0.5) is 10.5 Å². The molecule has 5 rings (SSSR count). The number of anilines is 1. The summed E-state index contributed by atoms with van der Waals surface area (Å²) in [5.74, 6) is 1.37. The van der Waals surface area contributed by atoms with Gasteiger partial charge in [-0.3, -0.25) is 9.80 Å². The Bertz CT molecular complexity index is 1310. The lowest BCUT2D eigenvalue weighted by Gasteiger charge is -2.33. The van der Waals surface area contributed by atoms with E-state index in [-0.39, 0.29) is 17.5 Å². The number of carbonyl (C=O) groups is 1. The predicted octanol–water partition coefficient (Wildman–Crippen LogP) is 3.18. The molecule has 1 saturated heterocycles. The number of benzene rings is 2. The smallest absolute Gasteiger partial charge is 0.412 e. The van der Waals surface area contributed by atoms with E-state index in [1.807, 2.05) is 37.3 Å². The fourth-order valence-electron chi connectivity index (χ4n) is 5.15. The van der Waals surface area contributed by atoms with Gasteiger partial charge in [-0.05, 0) is 37.5 Å². The quantitative estimate of drug-likeness (QED) is 0.600. The number of imidazole rings is 1. The summed E-state index contributed by atoms with van der Waals surface area (Å²) in [5.41, 5.74) is 4.78. The summed E-state index contributed by atoms with van der Waals surface area (Å²) in [6, 6.07) is 14.0. The largest absolute Gasteiger partial charge is 0.465 e. The number of rotatable bonds is 5. The highest BCUT2D eigenvalue weighted by Gasteiger charge is 2.31. The molecule has 3 aromatic rings. The lowest BCUT2D eigenvalue weighted by atomic mass is 9.96. The van der Waals surface area contributed by atoms with Crippen LogP contribution in [0.15, 0.2) is 42.5 Å². The van der Waals surface area contributed by atoms with Crippen LogP contribution in [0.25, 0.3) is 11.0 Å². The second-order valence-corrected chi connectivity index (χ2v) is 11.6. The fraction of sp³-hybridized carbons (Fsp3) is 0.440. The van der Waals surface area contributed by atoms with Gasteiger partial charge in [0.2, 0.25) is 0 Å². The van der Waals surface area contributed by atoms with Gasteiger partial charge in [0.1, 0.15) is 5.82 Å². The normalized spacial score (nSPS) is 20.4. The molecule has 0 radical (unpaired) electrons. The monoisotopic (exact) mass is 482 g/mol. The van der Waals surface area contributed by atoms with Crippen LogP contribution in [0.2, 0.25) is 0 Å². The number of hydrogen-bond donors (Lipinski definition) is 1. The molecular formula is C25H30N4O4S. The third-order valence-electron chi connectivity index (χ3n) is 7.08. The molecule has 1 amide bonds. The maximum Gasteiger partial charge on any atom is 0.412 e. The fourth-order valence-corrected chi connectivity index (χ4v) is 6.42. The minimum absolute atomic E-state index is 0.0660. The van der Waals surface area contributed by atoms with Crippen molar-refractivity contribution in [1.82, 2.24) is 14.5 Å². The summed E-state index contributed by atoms with van der Waals surface area (Å²) >= 11 is 0. The van der Waals surface area contributed by atoms with Crippen LogP contribution >= 0.6 is 0 Å². The van der Waals surface area contributed by atoms with Crippen molar-refractivity contribution >= 4 is 32.7 Å². The van der Waals surface area contributed by atoms with Gasteiger partial charge in [-0.2, -0.15) is 0 Å². The standard InChI is InChI=1S/C25H30N4O4S/c1-18-7-8-20-21(29(18)25(30)31)9-10-22-24(20)26-23(17-19-5-3-2-4-6-19)28(22)12-11-27-13-15-34(32,33)16-14-27/h2-6,9-10,18H,7-8,11-17H2,1H3,(H,30,31)/t18-/m0/s1. The summed E-state index contributed by atoms with van der Waals surface area (Å²) in [4.78, 5) is 20.7. The zero-order valence-electron chi connectivity index (χ0n) is 19.4. The van der Waals surface area contributed by atoms with Crippen molar-refractivity contribution in [2.24, 2.45) is 0 Å². The first-order valence-electron chi connectivity index (χ1n) is 11.8. The van der Waals surface area contributed by atoms with Crippen LogP contribution in [0, 0.1) is 0 Å². The second kappa shape index (κ2) is 9.03. The Morgan fingerprint density at radius 3 is 2.53 bits per heavy atom. The van der Waals surface area contributed by atoms with E-state index in [4.69, 9.17) is 4.98 Å². The highest BCUT2D eigenvalue weighted by atomic mass is 32.2. The SMILES string of the molecule is C[C@H]1CCc2c(ccc3c2nc(Cc2ccccc2)n3CCN2CCS(=O)(=O)CC2)N1C(=O)O. The van der Waals surface area contributed by atoms with E-state index in [1.54, 1.807) is 0 Å². The molecular weight excluding hydrogens is 452 g/mol. The van der Waals surface area contributed by atoms with Crippen LogP contribution < -0.4 is 4.90 Å². The molecule has 0 bridgehead atoms. The van der Waals surface area contributed by atoms with Gasteiger partial charge in [-0.25, -0.2) is 18.2 Å². The van der Waals surface area contributed by atoms with Gasteiger partial charge in [-0.1, -0.05) is 30.3 Å². The summed E-state index contributed by atoms with van der Waals surface area (Å²) in [7, 11) is -2.91. The first-order valence-corrected chi connectivity index (χ1v) is 13.6. The molecule has 1 aromatic heterocycles. The Labute approximate surface area is 199 Å². The Kier molecular flexibility index (Phi) is 6.07. The van der Waals surface area contributed by atoms with E-state index in [9.17, 15) is 18.3 Å². The van der Waals surface area contributed by atoms with Gasteiger partial charge in [0.25, 0.3) is 0 Å². The van der Waals surface area contributed by atoms with Crippen LogP contribution in [0.5, 0.6) is 0 Å². The van der Waals surface area contributed by atoms with Gasteiger partial charge in [0.05, 0.1) is 28.2 Å². The summed E-state index contributed by atoms with van der Waals surface area (Å²) in [6.07, 6.45) is 1.31. The molecule has 0 saturated carbocycles. The number of amides is 1. The highest BCUT2D eigenvalue weighted by Crippen LogP contribution is 2.36. The lowest BCUT2D eigenvalue weighted by molar-refractivity contribution is 0.198. The maximum absolute atomic E-state index is 12.0. The third-order valence-corrected chi connectivity index (χ3v) is 8.69. The number of sulfone groups is 1. The molecule has 8 nitrogen and oxygen atoms in total. The minimum Gasteiger partial charge on any atom is -0.465 e. The highest BCUT2D eigenvalue weighted by molar-refractivity contribution is 7.91. The Morgan fingerprint density at radius 2 is 1.82 bits per heavy atom. The molecule has 3 heterocycles. The third kappa shape index (κ3) is 4.42. The van der Waals surface area contributed by atoms with Crippen LogP contribution in [0.3, 0.4) is 0 Å². The van der Waals surface area contributed by atoms with Crippen molar-refractivity contribution < 1.29 is 18.3 Å². The van der Waals surface area contributed by atoms with Gasteiger partial charge >= 0.3 is 6.09 Å². The van der Waals surface area contributed by atoms with Crippen LogP contribution in [-0.2, 0) is 29.2 Å². The topological polar surface area (TPSA) is 95.7 Å². The average molecular weight is 483 g/mol. The summed E-state index contributed by atoms with van der Waals surface area (Å²) < 4.78 is 25.8. The summed E-state index contributed by atoms with van der Waals surface area (Å²) in [5, 5.41) is 9.80. The number of aromatic nitrogens is 2. The lowest BCUT2D eigenvalue weighted by Crippen LogP contribution is -2.41. The number of aryl methyl sites for hydroxylation is 1. The first-order chi connectivity index (χ1) is 16.3. The minimum atomic E-state index is -2.91. The van der Waals surface area contributed by atoms with Gasteiger partial charge in [0.15, 0.2) is 9.84 Å². The molecule has 0 unspecified atom stereocenters. The molecule has 0 spiro atoms. The molecule has 9 heteroatoms. The second-order valence-electron chi connectivity index (χ2n) is 9.31. The number of nitrogens with zero attached hydrogens (tertiary/aromatic N) is 4. The van der Waals surface area contributed by atoms with E-state index < -0.39 is 15.9 Å². The van der Waals surface area contributed by atoms with E-state index in [0.717, 1.165) is 53.1 Å². The Morgan fingerprint density at radius 1 is 1.09 bits per heavy atom. The van der Waals surface area contributed by atoms with E-state index in [0.29, 0.717) is 26.1 Å². The van der Waals surface area contributed by atoms with Crippen molar-refractivity contribution in [1.29, 1.82) is 0 Å². The number of fused-ring (bicyclic) bond motifs is 3. The zero-order chi connectivity index (χ0) is 23.9. The Hall–Kier alpha value is -2.91. The molecule has 2 aliphatic rings. The number of carboxylic acid groups (broad SMARTS) is 1. The molecule has 1 fully saturated rings. The first kappa shape index (κ1) is 22.9. The Balaban J connectivity index is 1.52.